The standard InChI is InChI=1S/C7H7FO3S/c8-5-12(10,11)7-3-1-6(9)2-4-7/h1-4,9H,5H2. The first-order valence-corrected chi connectivity index (χ1v) is 4.79. The molecule has 0 atom stereocenters. The third-order valence-corrected chi connectivity index (χ3v) is 2.62. The van der Waals surface area contributed by atoms with E-state index in [0.29, 0.717) is 0 Å². The molecule has 0 fully saturated rings. The van der Waals surface area contributed by atoms with E-state index in [1.807, 2.05) is 0 Å². The highest BCUT2D eigenvalue weighted by Gasteiger charge is 2.12. The summed E-state index contributed by atoms with van der Waals surface area (Å²) in [6, 6.07) is 3.29. The molecule has 1 aromatic carbocycles. The average molecular weight is 190 g/mol. The number of sulfone groups is 1. The number of hydrogen-bond donors (Lipinski definition) is 1. The lowest BCUT2D eigenvalue weighted by molar-refractivity contribution is 0.474. The van der Waals surface area contributed by atoms with Gasteiger partial charge in [0.25, 0.3) is 0 Å². The van der Waals surface area contributed by atoms with Crippen LogP contribution in [0.1, 0.15) is 0 Å². The van der Waals surface area contributed by atoms with Crippen LogP contribution < -0.4 is 0 Å². The monoisotopic (exact) mass is 190 g/mol. The molecule has 5 heteroatoms. The molecule has 0 saturated carbocycles. The number of phenolic OH excluding ortho intramolecular Hbond substituents is 1. The molecule has 3 nitrogen and oxygen atoms in total. The molecule has 0 saturated heterocycles. The third kappa shape index (κ3) is 1.73. The second-order valence-electron chi connectivity index (χ2n) is 2.22. The number of rotatable bonds is 2. The number of phenols is 1. The van der Waals surface area contributed by atoms with Crippen LogP contribution >= 0.6 is 0 Å². The summed E-state index contributed by atoms with van der Waals surface area (Å²) in [6.45, 7) is 0. The van der Waals surface area contributed by atoms with Gasteiger partial charge >= 0.3 is 0 Å². The van der Waals surface area contributed by atoms with Crippen LogP contribution in [0.3, 0.4) is 0 Å². The maximum absolute atomic E-state index is 11.9. The van der Waals surface area contributed by atoms with Crippen molar-refractivity contribution in [3.05, 3.63) is 24.3 Å². The summed E-state index contributed by atoms with van der Waals surface area (Å²) in [5, 5.41) is 8.81. The Balaban J connectivity index is 3.14. The number of hydrogen-bond acceptors (Lipinski definition) is 3. The van der Waals surface area contributed by atoms with E-state index in [-0.39, 0.29) is 10.6 Å². The Kier molecular flexibility index (Phi) is 2.32. The molecule has 1 N–H and O–H groups in total. The largest absolute Gasteiger partial charge is 0.508 e. The van der Waals surface area contributed by atoms with Gasteiger partial charge in [-0.1, -0.05) is 0 Å². The number of benzene rings is 1. The van der Waals surface area contributed by atoms with Crippen molar-refractivity contribution in [3.63, 3.8) is 0 Å². The predicted molar refractivity (Wildman–Crippen MR) is 41.3 cm³/mol. The molecular formula is C7H7FO3S. The fourth-order valence-corrected chi connectivity index (χ4v) is 1.39. The Morgan fingerprint density at radius 3 is 2.17 bits per heavy atom. The Labute approximate surface area is 69.4 Å². The quantitative estimate of drug-likeness (QED) is 0.759. The molecule has 0 heterocycles. The molecule has 0 aromatic heterocycles. The van der Waals surface area contributed by atoms with Crippen LogP contribution in [0.25, 0.3) is 0 Å². The smallest absolute Gasteiger partial charge is 0.207 e. The molecule has 0 aliphatic rings. The molecule has 0 amide bonds. The van der Waals surface area contributed by atoms with Crippen LogP contribution in [-0.2, 0) is 9.84 Å². The molecule has 12 heavy (non-hydrogen) atoms. The first kappa shape index (κ1) is 8.99. The van der Waals surface area contributed by atoms with Crippen molar-refractivity contribution in [1.82, 2.24) is 0 Å². The van der Waals surface area contributed by atoms with Crippen LogP contribution in [0.4, 0.5) is 4.39 Å². The SMILES string of the molecule is O=S(=O)(CF)c1ccc(O)cc1. The first-order valence-electron chi connectivity index (χ1n) is 3.14. The van der Waals surface area contributed by atoms with Gasteiger partial charge in [0.15, 0.2) is 6.01 Å². The molecule has 0 radical (unpaired) electrons. The van der Waals surface area contributed by atoms with E-state index >= 15 is 0 Å². The topological polar surface area (TPSA) is 54.4 Å². The summed E-state index contributed by atoms with van der Waals surface area (Å²) in [7, 11) is -3.79. The fourth-order valence-electron chi connectivity index (χ4n) is 0.716. The lowest BCUT2D eigenvalue weighted by Gasteiger charge is -1.98. The summed E-state index contributed by atoms with van der Waals surface area (Å²) in [6.07, 6.45) is 0. The van der Waals surface area contributed by atoms with Crippen molar-refractivity contribution in [1.29, 1.82) is 0 Å². The number of alkyl halides is 1. The van der Waals surface area contributed by atoms with Gasteiger partial charge in [-0.3, -0.25) is 0 Å². The van der Waals surface area contributed by atoms with Gasteiger partial charge in [-0.25, -0.2) is 12.8 Å². The van der Waals surface area contributed by atoms with Crippen molar-refractivity contribution < 1.29 is 17.9 Å². The normalized spacial score (nSPS) is 11.4. The van der Waals surface area contributed by atoms with Gasteiger partial charge in [0.1, 0.15) is 5.75 Å². The summed E-state index contributed by atoms with van der Waals surface area (Å²) < 4.78 is 33.6. The zero-order valence-electron chi connectivity index (χ0n) is 6.07. The van der Waals surface area contributed by atoms with Gasteiger partial charge < -0.3 is 5.11 Å². The van der Waals surface area contributed by atoms with Crippen LogP contribution in [0.5, 0.6) is 5.75 Å². The summed E-state index contributed by atoms with van der Waals surface area (Å²) in [5.41, 5.74) is 0. The molecule has 1 rings (SSSR count). The van der Waals surface area contributed by atoms with Crippen LogP contribution in [0, 0.1) is 0 Å². The van der Waals surface area contributed by atoms with E-state index in [1.165, 1.54) is 12.1 Å². The van der Waals surface area contributed by atoms with Crippen molar-refractivity contribution in [2.75, 3.05) is 6.01 Å². The van der Waals surface area contributed by atoms with Crippen molar-refractivity contribution >= 4 is 9.84 Å². The van der Waals surface area contributed by atoms with Crippen LogP contribution in [0.2, 0.25) is 0 Å². The van der Waals surface area contributed by atoms with E-state index in [4.69, 9.17) is 5.11 Å². The van der Waals surface area contributed by atoms with E-state index in [9.17, 15) is 12.8 Å². The van der Waals surface area contributed by atoms with Crippen LogP contribution in [-0.4, -0.2) is 19.5 Å². The maximum Gasteiger partial charge on any atom is 0.207 e. The summed E-state index contributed by atoms with van der Waals surface area (Å²) in [5.74, 6) is -0.0483. The van der Waals surface area contributed by atoms with Gasteiger partial charge in [-0.15, -0.1) is 0 Å². The molecule has 66 valence electrons. The molecule has 0 unspecified atom stereocenters. The Morgan fingerprint density at radius 1 is 1.25 bits per heavy atom. The Hall–Kier alpha value is -1.10. The summed E-state index contributed by atoms with van der Waals surface area (Å²) in [4.78, 5) is -0.122. The van der Waals surface area contributed by atoms with E-state index in [2.05, 4.69) is 0 Å². The second-order valence-corrected chi connectivity index (χ2v) is 4.14. The Bertz CT molecular complexity index is 355. The zero-order valence-corrected chi connectivity index (χ0v) is 6.88. The van der Waals surface area contributed by atoms with Crippen LogP contribution in [0.15, 0.2) is 29.2 Å². The third-order valence-electron chi connectivity index (χ3n) is 1.34. The lowest BCUT2D eigenvalue weighted by Crippen LogP contribution is -2.01. The molecule has 1 aromatic rings. The van der Waals surface area contributed by atoms with Crippen molar-refractivity contribution in [3.8, 4) is 5.75 Å². The average Bonchev–Trinajstić information content (AvgIpc) is 2.05. The first-order chi connectivity index (χ1) is 5.56. The van der Waals surface area contributed by atoms with E-state index < -0.39 is 15.8 Å². The van der Waals surface area contributed by atoms with Gasteiger partial charge in [-0.2, -0.15) is 0 Å². The maximum atomic E-state index is 11.9. The second kappa shape index (κ2) is 3.10. The van der Waals surface area contributed by atoms with Gasteiger partial charge in [0.05, 0.1) is 4.90 Å². The molecule has 0 bridgehead atoms. The molecule has 0 aliphatic carbocycles. The van der Waals surface area contributed by atoms with Gasteiger partial charge in [0.2, 0.25) is 9.84 Å². The van der Waals surface area contributed by atoms with Crippen molar-refractivity contribution in [2.45, 2.75) is 4.90 Å². The fraction of sp³-hybridized carbons (Fsp3) is 0.143. The van der Waals surface area contributed by atoms with Crippen molar-refractivity contribution in [2.24, 2.45) is 0 Å². The molecule has 0 spiro atoms. The zero-order chi connectivity index (χ0) is 9.19. The minimum atomic E-state index is -3.79. The predicted octanol–water partition coefficient (Wildman–Crippen LogP) is 1.09. The number of halogens is 1. The molecule has 0 aliphatic heterocycles. The van der Waals surface area contributed by atoms with E-state index in [0.717, 1.165) is 12.1 Å². The Morgan fingerprint density at radius 2 is 1.75 bits per heavy atom. The minimum absolute atomic E-state index is 0.0483. The highest BCUT2D eigenvalue weighted by molar-refractivity contribution is 7.91. The highest BCUT2D eigenvalue weighted by Crippen LogP contribution is 2.15. The van der Waals surface area contributed by atoms with Gasteiger partial charge in [-0.05, 0) is 24.3 Å². The highest BCUT2D eigenvalue weighted by atomic mass is 32.2. The lowest BCUT2D eigenvalue weighted by atomic mass is 10.3. The minimum Gasteiger partial charge on any atom is -0.508 e. The van der Waals surface area contributed by atoms with E-state index in [1.54, 1.807) is 0 Å². The van der Waals surface area contributed by atoms with Gasteiger partial charge in [0, 0.05) is 0 Å². The number of aromatic hydroxyl groups is 1. The molecular weight excluding hydrogens is 183 g/mol. The summed E-state index contributed by atoms with van der Waals surface area (Å²) >= 11 is 0.